The molecule has 0 saturated heterocycles. The number of benzene rings is 1. The molecule has 0 aliphatic carbocycles. The fourth-order valence-corrected chi connectivity index (χ4v) is 2.27. The van der Waals surface area contributed by atoms with Crippen LogP contribution in [0.5, 0.6) is 5.75 Å². The van der Waals surface area contributed by atoms with E-state index in [0.29, 0.717) is 46.8 Å². The number of hydrogen-bond acceptors (Lipinski definition) is 4. The first-order valence-corrected chi connectivity index (χ1v) is 7.82. The lowest BCUT2D eigenvalue weighted by Crippen LogP contribution is -2.31. The molecule has 5 nitrogen and oxygen atoms in total. The van der Waals surface area contributed by atoms with Crippen molar-refractivity contribution in [2.45, 2.75) is 13.3 Å². The van der Waals surface area contributed by atoms with Crippen LogP contribution >= 0.6 is 23.8 Å². The molecule has 2 rings (SSSR count). The van der Waals surface area contributed by atoms with Crippen molar-refractivity contribution in [1.82, 2.24) is 15.5 Å². The average molecular weight is 355 g/mol. The Balaban J connectivity index is 1.90. The Kier molecular flexibility index (Phi) is 6.49. The second kappa shape index (κ2) is 8.59. The van der Waals surface area contributed by atoms with Crippen LogP contribution in [-0.2, 0) is 6.42 Å². The maximum atomic E-state index is 13.9. The smallest absolute Gasteiger partial charge is 0.173 e. The van der Waals surface area contributed by atoms with E-state index in [2.05, 4.69) is 20.8 Å². The lowest BCUT2D eigenvalue weighted by atomic mass is 10.1. The van der Waals surface area contributed by atoms with Gasteiger partial charge in [0.2, 0.25) is 0 Å². The summed E-state index contributed by atoms with van der Waals surface area (Å²) in [7, 11) is 0. The second-order valence-corrected chi connectivity index (χ2v) is 5.32. The maximum Gasteiger partial charge on any atom is 0.173 e. The SMILES string of the molecule is CCOc1cccc(F)c1CCNC(=S)Nc1nnccc1Cl. The molecule has 1 aromatic heterocycles. The summed E-state index contributed by atoms with van der Waals surface area (Å²) in [6.07, 6.45) is 1.91. The van der Waals surface area contributed by atoms with Crippen molar-refractivity contribution in [3.05, 3.63) is 46.9 Å². The summed E-state index contributed by atoms with van der Waals surface area (Å²) in [4.78, 5) is 0. The highest BCUT2D eigenvalue weighted by molar-refractivity contribution is 7.80. The normalized spacial score (nSPS) is 10.2. The minimum absolute atomic E-state index is 0.298. The summed E-state index contributed by atoms with van der Waals surface area (Å²) < 4.78 is 19.3. The van der Waals surface area contributed by atoms with Gasteiger partial charge in [-0.3, -0.25) is 0 Å². The molecule has 1 heterocycles. The van der Waals surface area contributed by atoms with E-state index in [-0.39, 0.29) is 5.82 Å². The van der Waals surface area contributed by atoms with Crippen molar-refractivity contribution in [1.29, 1.82) is 0 Å². The number of hydrogen-bond donors (Lipinski definition) is 2. The maximum absolute atomic E-state index is 13.9. The molecule has 0 saturated carbocycles. The van der Waals surface area contributed by atoms with E-state index < -0.39 is 0 Å². The summed E-state index contributed by atoms with van der Waals surface area (Å²) in [5.41, 5.74) is 0.516. The molecular weight excluding hydrogens is 339 g/mol. The van der Waals surface area contributed by atoms with Crippen molar-refractivity contribution in [3.63, 3.8) is 0 Å². The van der Waals surface area contributed by atoms with Gasteiger partial charge >= 0.3 is 0 Å². The zero-order chi connectivity index (χ0) is 16.7. The van der Waals surface area contributed by atoms with E-state index in [1.54, 1.807) is 18.2 Å². The van der Waals surface area contributed by atoms with E-state index in [4.69, 9.17) is 28.6 Å². The summed E-state index contributed by atoms with van der Waals surface area (Å²) in [6.45, 7) is 2.77. The zero-order valence-corrected chi connectivity index (χ0v) is 14.0. The van der Waals surface area contributed by atoms with Crippen LogP contribution < -0.4 is 15.4 Å². The lowest BCUT2D eigenvalue weighted by Gasteiger charge is -2.13. The van der Waals surface area contributed by atoms with Gasteiger partial charge in [-0.1, -0.05) is 17.7 Å². The Bertz CT molecular complexity index is 686. The average Bonchev–Trinajstić information content (AvgIpc) is 2.52. The van der Waals surface area contributed by atoms with Crippen LogP contribution in [0.2, 0.25) is 5.02 Å². The molecule has 0 fully saturated rings. The Morgan fingerprint density at radius 2 is 2.22 bits per heavy atom. The number of rotatable bonds is 6. The van der Waals surface area contributed by atoms with Crippen LogP contribution in [0.3, 0.4) is 0 Å². The molecule has 2 N–H and O–H groups in total. The van der Waals surface area contributed by atoms with Gasteiger partial charge in [-0.05, 0) is 43.8 Å². The fourth-order valence-electron chi connectivity index (χ4n) is 1.93. The second-order valence-electron chi connectivity index (χ2n) is 4.51. The summed E-state index contributed by atoms with van der Waals surface area (Å²) in [6, 6.07) is 6.39. The van der Waals surface area contributed by atoms with Gasteiger partial charge in [-0.25, -0.2) is 4.39 Å². The molecule has 0 aliphatic heterocycles. The van der Waals surface area contributed by atoms with Crippen LogP contribution in [0.15, 0.2) is 30.5 Å². The van der Waals surface area contributed by atoms with Gasteiger partial charge in [0, 0.05) is 12.1 Å². The number of aromatic nitrogens is 2. The largest absolute Gasteiger partial charge is 0.493 e. The number of ether oxygens (including phenoxy) is 1. The molecule has 2 aromatic rings. The van der Waals surface area contributed by atoms with E-state index in [9.17, 15) is 4.39 Å². The molecule has 0 spiro atoms. The van der Waals surface area contributed by atoms with Crippen molar-refractivity contribution in [3.8, 4) is 5.75 Å². The van der Waals surface area contributed by atoms with Gasteiger partial charge in [0.05, 0.1) is 17.8 Å². The van der Waals surface area contributed by atoms with Crippen molar-refractivity contribution in [2.75, 3.05) is 18.5 Å². The fraction of sp³-hybridized carbons (Fsp3) is 0.267. The van der Waals surface area contributed by atoms with Crippen molar-refractivity contribution < 1.29 is 9.13 Å². The van der Waals surface area contributed by atoms with Gasteiger partial charge in [-0.15, -0.1) is 5.10 Å². The summed E-state index contributed by atoms with van der Waals surface area (Å²) in [5, 5.41) is 14.1. The van der Waals surface area contributed by atoms with Gasteiger partial charge in [0.15, 0.2) is 10.9 Å². The van der Waals surface area contributed by atoms with E-state index in [1.807, 2.05) is 6.92 Å². The first-order chi connectivity index (χ1) is 11.1. The highest BCUT2D eigenvalue weighted by Gasteiger charge is 2.10. The molecule has 23 heavy (non-hydrogen) atoms. The van der Waals surface area contributed by atoms with Gasteiger partial charge in [0.25, 0.3) is 0 Å². The number of halogens is 2. The van der Waals surface area contributed by atoms with E-state index in [0.717, 1.165) is 0 Å². The predicted molar refractivity (Wildman–Crippen MR) is 92.5 cm³/mol. The molecule has 1 aromatic carbocycles. The molecular formula is C15H16ClFN4OS. The van der Waals surface area contributed by atoms with Gasteiger partial charge in [0.1, 0.15) is 11.6 Å². The molecule has 0 atom stereocenters. The highest BCUT2D eigenvalue weighted by atomic mass is 35.5. The van der Waals surface area contributed by atoms with Crippen LogP contribution in [-0.4, -0.2) is 28.5 Å². The molecule has 0 unspecified atom stereocenters. The molecule has 0 amide bonds. The minimum atomic E-state index is -0.298. The monoisotopic (exact) mass is 354 g/mol. The van der Waals surface area contributed by atoms with Gasteiger partial charge in [-0.2, -0.15) is 5.10 Å². The van der Waals surface area contributed by atoms with Crippen LogP contribution in [0.4, 0.5) is 10.2 Å². The molecule has 0 radical (unpaired) electrons. The number of nitrogens with one attached hydrogen (secondary N) is 2. The predicted octanol–water partition coefficient (Wildman–Crippen LogP) is 3.20. The van der Waals surface area contributed by atoms with Crippen molar-refractivity contribution >= 4 is 34.7 Å². The first-order valence-electron chi connectivity index (χ1n) is 7.04. The number of nitrogens with zero attached hydrogens (tertiary/aromatic N) is 2. The molecule has 0 bridgehead atoms. The van der Waals surface area contributed by atoms with E-state index in [1.165, 1.54) is 12.3 Å². The standard InChI is InChI=1S/C15H16ClFN4OS/c1-2-22-13-5-3-4-12(17)10(13)6-8-18-15(23)20-14-11(16)7-9-19-21-14/h3-5,7,9H,2,6,8H2,1H3,(H2,18,20,21,23). The van der Waals surface area contributed by atoms with Crippen LogP contribution in [0.25, 0.3) is 0 Å². The first kappa shape index (κ1) is 17.4. The summed E-state index contributed by atoms with van der Waals surface area (Å²) >= 11 is 11.1. The third-order valence-electron chi connectivity index (χ3n) is 2.94. The van der Waals surface area contributed by atoms with Crippen molar-refractivity contribution in [2.24, 2.45) is 0 Å². The molecule has 122 valence electrons. The quantitative estimate of drug-likeness (QED) is 0.777. The topological polar surface area (TPSA) is 59.1 Å². The molecule has 0 aliphatic rings. The Morgan fingerprint density at radius 1 is 1.39 bits per heavy atom. The Hall–Kier alpha value is -1.99. The highest BCUT2D eigenvalue weighted by Crippen LogP contribution is 2.22. The summed E-state index contributed by atoms with van der Waals surface area (Å²) in [5.74, 6) is 0.617. The lowest BCUT2D eigenvalue weighted by molar-refractivity contribution is 0.333. The minimum Gasteiger partial charge on any atom is -0.493 e. The Labute approximate surface area is 144 Å². The Morgan fingerprint density at radius 3 is 2.96 bits per heavy atom. The number of anilines is 1. The van der Waals surface area contributed by atoms with Gasteiger partial charge < -0.3 is 15.4 Å². The zero-order valence-electron chi connectivity index (χ0n) is 12.5. The van der Waals surface area contributed by atoms with E-state index >= 15 is 0 Å². The third kappa shape index (κ3) is 5.01. The van der Waals surface area contributed by atoms with Crippen LogP contribution in [0, 0.1) is 5.82 Å². The third-order valence-corrected chi connectivity index (χ3v) is 3.49. The number of thiocarbonyl (C=S) groups is 1. The van der Waals surface area contributed by atoms with Crippen LogP contribution in [0.1, 0.15) is 12.5 Å². The molecule has 8 heteroatoms.